The molecule has 0 radical (unpaired) electrons. The molecule has 4 fully saturated rings. The molecule has 1 heterocycles. The summed E-state index contributed by atoms with van der Waals surface area (Å²) in [6, 6.07) is 10.5. The van der Waals surface area contributed by atoms with Crippen LogP contribution in [0.2, 0.25) is 0 Å². The van der Waals surface area contributed by atoms with Crippen LogP contribution in [0.1, 0.15) is 102 Å². The van der Waals surface area contributed by atoms with Crippen molar-refractivity contribution in [3.05, 3.63) is 53.3 Å². The lowest BCUT2D eigenvalue weighted by Gasteiger charge is -2.38. The van der Waals surface area contributed by atoms with Gasteiger partial charge in [-0.15, -0.1) is 0 Å². The summed E-state index contributed by atoms with van der Waals surface area (Å²) in [5, 5.41) is 13.2. The Balaban J connectivity index is 1.25. The van der Waals surface area contributed by atoms with Crippen LogP contribution < -0.4 is 10.1 Å². The van der Waals surface area contributed by atoms with E-state index >= 15 is 8.78 Å². The molecular formula is C35H43F2NO4. The van der Waals surface area contributed by atoms with Crippen LogP contribution >= 0.6 is 0 Å². The van der Waals surface area contributed by atoms with E-state index in [4.69, 9.17) is 4.74 Å². The Morgan fingerprint density at radius 1 is 1.10 bits per heavy atom. The summed E-state index contributed by atoms with van der Waals surface area (Å²) in [5.74, 6) is -0.534. The van der Waals surface area contributed by atoms with E-state index in [0.717, 1.165) is 50.5 Å². The monoisotopic (exact) mass is 579 g/mol. The largest absolute Gasteiger partial charge is 0.490 e. The Bertz CT molecular complexity index is 1380. The molecule has 7 heteroatoms. The highest BCUT2D eigenvalue weighted by Crippen LogP contribution is 2.48. The Kier molecular flexibility index (Phi) is 7.48. The van der Waals surface area contributed by atoms with Gasteiger partial charge in [-0.25, -0.2) is 8.78 Å². The van der Waals surface area contributed by atoms with E-state index in [2.05, 4.69) is 12.2 Å². The van der Waals surface area contributed by atoms with E-state index in [0.29, 0.717) is 35.3 Å². The zero-order valence-corrected chi connectivity index (χ0v) is 25.0. The van der Waals surface area contributed by atoms with E-state index in [-0.39, 0.29) is 54.0 Å². The molecular weight excluding hydrogens is 536 g/mol. The number of rotatable bonds is 9. The number of aliphatic carboxylic acids is 1. The third-order valence-electron chi connectivity index (χ3n) is 11.0. The Labute approximate surface area is 247 Å². The van der Waals surface area contributed by atoms with E-state index < -0.39 is 17.1 Å². The Morgan fingerprint density at radius 3 is 2.48 bits per heavy atom. The molecule has 1 saturated heterocycles. The van der Waals surface area contributed by atoms with Crippen LogP contribution in [0.3, 0.4) is 0 Å². The topological polar surface area (TPSA) is 75.6 Å². The van der Waals surface area contributed by atoms with Crippen LogP contribution in [0.5, 0.6) is 5.75 Å². The maximum Gasteiger partial charge on any atom is 0.313 e. The summed E-state index contributed by atoms with van der Waals surface area (Å²) in [7, 11) is 0. The summed E-state index contributed by atoms with van der Waals surface area (Å²) in [5.41, 5.74) is -0.370. The van der Waals surface area contributed by atoms with Gasteiger partial charge in [-0.1, -0.05) is 31.5 Å². The summed E-state index contributed by atoms with van der Waals surface area (Å²) in [6.45, 7) is 5.55. The van der Waals surface area contributed by atoms with Crippen molar-refractivity contribution < 1.29 is 28.2 Å². The second-order valence-electron chi connectivity index (χ2n) is 14.2. The molecule has 0 aromatic heterocycles. The average molecular weight is 580 g/mol. The summed E-state index contributed by atoms with van der Waals surface area (Å²) in [6.07, 6.45) is 7.59. The smallest absolute Gasteiger partial charge is 0.313 e. The summed E-state index contributed by atoms with van der Waals surface area (Å²) in [4.78, 5) is 25.3. The van der Waals surface area contributed by atoms with Crippen LogP contribution in [0.4, 0.5) is 8.78 Å². The number of alkyl halides is 1. The fourth-order valence-electron chi connectivity index (χ4n) is 7.64. The molecule has 6 rings (SSSR count). The number of carbonyl (C=O) groups excluding carboxylic acids is 1. The van der Waals surface area contributed by atoms with Gasteiger partial charge in [-0.05, 0) is 111 Å². The van der Waals surface area contributed by atoms with Crippen molar-refractivity contribution in [2.45, 2.75) is 114 Å². The lowest BCUT2D eigenvalue weighted by Crippen LogP contribution is -2.46. The molecule has 5 nitrogen and oxygen atoms in total. The van der Waals surface area contributed by atoms with Gasteiger partial charge in [0.1, 0.15) is 11.6 Å². The van der Waals surface area contributed by atoms with Crippen molar-refractivity contribution >= 4 is 11.8 Å². The fourth-order valence-corrected chi connectivity index (χ4v) is 7.64. The second-order valence-corrected chi connectivity index (χ2v) is 14.2. The number of carboxylic acids is 1. The molecule has 0 unspecified atom stereocenters. The van der Waals surface area contributed by atoms with Gasteiger partial charge >= 0.3 is 5.97 Å². The molecule has 0 amide bonds. The number of nitrogens with one attached hydrogen (secondary N) is 1. The van der Waals surface area contributed by atoms with Crippen molar-refractivity contribution in [3.63, 3.8) is 0 Å². The molecule has 1 spiro atoms. The van der Waals surface area contributed by atoms with Crippen molar-refractivity contribution in [2.75, 3.05) is 6.54 Å². The standard InChI is InChI=1S/C35H43F2NO4/c1-21-15-25(16-23(21)17-30(39)35(37)19-34(38-20-35)13-6-14-34)42-29-12-11-24(33(2,3)32(40)41)18-27(29)26-9-5-10-28(36)31(26)22-7-4-8-22/h5,9-12,18,21-23,25,38H,4,6-8,13-17,19-20H2,1-3H3,(H,40,41)/t21-,23-,25-,35-/m1/s1. The minimum atomic E-state index is -1.78. The van der Waals surface area contributed by atoms with Gasteiger partial charge in [0.2, 0.25) is 0 Å². The molecule has 42 heavy (non-hydrogen) atoms. The maximum absolute atomic E-state index is 15.7. The molecule has 3 aliphatic carbocycles. The minimum Gasteiger partial charge on any atom is -0.490 e. The van der Waals surface area contributed by atoms with Crippen LogP contribution in [0.15, 0.2) is 36.4 Å². The fraction of sp³-hybridized carbons (Fsp3) is 0.600. The highest BCUT2D eigenvalue weighted by Gasteiger charge is 2.55. The Morgan fingerprint density at radius 2 is 1.86 bits per heavy atom. The quantitative estimate of drug-likeness (QED) is 0.322. The van der Waals surface area contributed by atoms with Gasteiger partial charge in [0.15, 0.2) is 11.5 Å². The zero-order chi connectivity index (χ0) is 29.9. The molecule has 0 bridgehead atoms. The number of halogens is 2. The van der Waals surface area contributed by atoms with Crippen molar-refractivity contribution in [3.8, 4) is 16.9 Å². The average Bonchev–Trinajstić information content (AvgIpc) is 3.44. The molecule has 4 aliphatic rings. The van der Waals surface area contributed by atoms with Gasteiger partial charge < -0.3 is 15.2 Å². The third-order valence-corrected chi connectivity index (χ3v) is 11.0. The van der Waals surface area contributed by atoms with Crippen LogP contribution in [0.25, 0.3) is 11.1 Å². The molecule has 1 aliphatic heterocycles. The Hall–Kier alpha value is -2.80. The number of benzene rings is 2. The van der Waals surface area contributed by atoms with E-state index in [1.807, 2.05) is 18.2 Å². The first kappa shape index (κ1) is 29.3. The van der Waals surface area contributed by atoms with Crippen LogP contribution in [-0.2, 0) is 15.0 Å². The number of carboxylic acid groups (broad SMARTS) is 1. The number of ether oxygens (including phenoxy) is 1. The highest BCUT2D eigenvalue weighted by atomic mass is 19.1. The first-order chi connectivity index (χ1) is 19.9. The minimum absolute atomic E-state index is 0.0291. The first-order valence-corrected chi connectivity index (χ1v) is 15.7. The number of ketones is 1. The van der Waals surface area contributed by atoms with Crippen LogP contribution in [0, 0.1) is 17.7 Å². The SMILES string of the molecule is C[C@@H]1C[C@@H](Oc2ccc(C(C)(C)C(=O)O)cc2-c2cccc(F)c2C2CCC2)C[C@@H]1CC(=O)[C@]1(F)CNC2(CCC2)C1. The van der Waals surface area contributed by atoms with Gasteiger partial charge in [-0.3, -0.25) is 9.59 Å². The lowest BCUT2D eigenvalue weighted by atomic mass is 9.72. The molecule has 2 aromatic rings. The molecule has 4 atom stereocenters. The number of hydrogen-bond donors (Lipinski definition) is 2. The maximum atomic E-state index is 15.7. The van der Waals surface area contributed by atoms with E-state index in [9.17, 15) is 14.7 Å². The second kappa shape index (κ2) is 10.7. The van der Waals surface area contributed by atoms with Gasteiger partial charge in [0.05, 0.1) is 11.5 Å². The number of carbonyl (C=O) groups is 2. The van der Waals surface area contributed by atoms with Crippen molar-refractivity contribution in [1.29, 1.82) is 0 Å². The predicted octanol–water partition coefficient (Wildman–Crippen LogP) is 7.50. The molecule has 2 N–H and O–H groups in total. The zero-order valence-electron chi connectivity index (χ0n) is 25.0. The number of hydrogen-bond acceptors (Lipinski definition) is 4. The van der Waals surface area contributed by atoms with Crippen molar-refractivity contribution in [1.82, 2.24) is 5.32 Å². The predicted molar refractivity (Wildman–Crippen MR) is 158 cm³/mol. The third kappa shape index (κ3) is 5.16. The normalized spacial score (nSPS) is 28.8. The van der Waals surface area contributed by atoms with Crippen LogP contribution in [-0.4, -0.2) is 40.7 Å². The molecule has 2 aromatic carbocycles. The molecule has 226 valence electrons. The van der Waals surface area contributed by atoms with Gasteiger partial charge in [0.25, 0.3) is 0 Å². The van der Waals surface area contributed by atoms with Gasteiger partial charge in [0, 0.05) is 30.5 Å². The number of Topliss-reactive ketones (excluding diaryl/α,β-unsaturated/α-hetero) is 1. The first-order valence-electron chi connectivity index (χ1n) is 15.7. The summed E-state index contributed by atoms with van der Waals surface area (Å²) < 4.78 is 37.6. The van der Waals surface area contributed by atoms with Gasteiger partial charge in [-0.2, -0.15) is 0 Å². The molecule has 3 saturated carbocycles. The van der Waals surface area contributed by atoms with Crippen molar-refractivity contribution in [2.24, 2.45) is 11.8 Å². The highest BCUT2D eigenvalue weighted by molar-refractivity contribution is 5.88. The summed E-state index contributed by atoms with van der Waals surface area (Å²) >= 11 is 0. The lowest BCUT2D eigenvalue weighted by molar-refractivity contribution is -0.142. The van der Waals surface area contributed by atoms with E-state index in [1.165, 1.54) is 6.07 Å². The van der Waals surface area contributed by atoms with E-state index in [1.54, 1.807) is 26.0 Å².